The van der Waals surface area contributed by atoms with E-state index in [0.717, 1.165) is 28.1 Å². The maximum absolute atomic E-state index is 12.6. The summed E-state index contributed by atoms with van der Waals surface area (Å²) < 4.78 is 10.1. The number of nitrogens with one attached hydrogen (secondary N) is 2. The van der Waals surface area contributed by atoms with Gasteiger partial charge >= 0.3 is 5.97 Å². The van der Waals surface area contributed by atoms with E-state index in [2.05, 4.69) is 10.3 Å². The normalized spacial score (nSPS) is 13.9. The summed E-state index contributed by atoms with van der Waals surface area (Å²) in [6.07, 6.45) is 3.54. The van der Waals surface area contributed by atoms with Crippen molar-refractivity contribution < 1.29 is 19.1 Å². The number of rotatable bonds is 4. The summed E-state index contributed by atoms with van der Waals surface area (Å²) >= 11 is 0. The highest BCUT2D eigenvalue weighted by atomic mass is 16.5. The largest absolute Gasteiger partial charge is 0.495 e. The van der Waals surface area contributed by atoms with Crippen LogP contribution in [0.5, 0.6) is 5.75 Å². The number of benzene rings is 2. The van der Waals surface area contributed by atoms with Gasteiger partial charge in [0.25, 0.3) is 5.91 Å². The van der Waals surface area contributed by atoms with E-state index in [0.29, 0.717) is 16.9 Å². The van der Waals surface area contributed by atoms with Crippen molar-refractivity contribution in [2.45, 2.75) is 0 Å². The molecule has 1 aromatic heterocycles. The average Bonchev–Trinajstić information content (AvgIpc) is 3.31. The molecular formula is C22H18N2O4. The maximum Gasteiger partial charge on any atom is 0.337 e. The molecule has 28 heavy (non-hydrogen) atoms. The van der Waals surface area contributed by atoms with Crippen LogP contribution < -0.4 is 10.1 Å². The monoisotopic (exact) mass is 374 g/mol. The summed E-state index contributed by atoms with van der Waals surface area (Å²) in [4.78, 5) is 27.4. The molecule has 0 atom stereocenters. The van der Waals surface area contributed by atoms with Crippen molar-refractivity contribution in [1.29, 1.82) is 0 Å². The van der Waals surface area contributed by atoms with E-state index in [1.165, 1.54) is 7.11 Å². The van der Waals surface area contributed by atoms with Gasteiger partial charge in [-0.2, -0.15) is 0 Å². The molecule has 0 bridgehead atoms. The predicted molar refractivity (Wildman–Crippen MR) is 107 cm³/mol. The lowest BCUT2D eigenvalue weighted by Crippen LogP contribution is -2.03. The molecule has 1 aliphatic rings. The van der Waals surface area contributed by atoms with Gasteiger partial charge in [-0.15, -0.1) is 0 Å². The molecule has 0 aliphatic carbocycles. The number of ether oxygens (including phenoxy) is 2. The Morgan fingerprint density at radius 2 is 1.82 bits per heavy atom. The Morgan fingerprint density at radius 1 is 1.04 bits per heavy atom. The summed E-state index contributed by atoms with van der Waals surface area (Å²) in [6.45, 7) is 0. The molecule has 2 N–H and O–H groups in total. The summed E-state index contributed by atoms with van der Waals surface area (Å²) in [5.41, 5.74) is 5.08. The van der Waals surface area contributed by atoms with Crippen molar-refractivity contribution in [3.8, 4) is 16.9 Å². The van der Waals surface area contributed by atoms with E-state index in [4.69, 9.17) is 9.47 Å². The zero-order valence-corrected chi connectivity index (χ0v) is 15.4. The van der Waals surface area contributed by atoms with E-state index >= 15 is 0 Å². The van der Waals surface area contributed by atoms with E-state index < -0.39 is 0 Å². The maximum atomic E-state index is 12.6. The fourth-order valence-corrected chi connectivity index (χ4v) is 3.34. The first-order valence-electron chi connectivity index (χ1n) is 8.69. The Morgan fingerprint density at radius 3 is 2.54 bits per heavy atom. The highest BCUT2D eigenvalue weighted by Gasteiger charge is 2.27. The Balaban J connectivity index is 1.82. The molecule has 0 saturated carbocycles. The minimum absolute atomic E-state index is 0.176. The van der Waals surface area contributed by atoms with E-state index in [1.54, 1.807) is 37.6 Å². The number of methoxy groups -OCH3 is 2. The van der Waals surface area contributed by atoms with E-state index in [9.17, 15) is 9.59 Å². The topological polar surface area (TPSA) is 80.4 Å². The van der Waals surface area contributed by atoms with Crippen LogP contribution in [0.25, 0.3) is 22.8 Å². The first kappa shape index (κ1) is 17.6. The molecular weight excluding hydrogens is 356 g/mol. The molecule has 4 rings (SSSR count). The lowest BCUT2D eigenvalue weighted by Gasteiger charge is -2.09. The summed E-state index contributed by atoms with van der Waals surface area (Å²) in [6, 6.07) is 14.6. The van der Waals surface area contributed by atoms with Gasteiger partial charge in [0.15, 0.2) is 0 Å². The highest BCUT2D eigenvalue weighted by Crippen LogP contribution is 2.41. The Labute approximate surface area is 161 Å². The molecule has 2 aromatic carbocycles. The zero-order valence-electron chi connectivity index (χ0n) is 15.4. The zero-order chi connectivity index (χ0) is 19.7. The molecule has 0 saturated heterocycles. The molecule has 140 valence electrons. The van der Waals surface area contributed by atoms with Crippen LogP contribution in [-0.4, -0.2) is 31.1 Å². The van der Waals surface area contributed by atoms with Crippen LogP contribution in [-0.2, 0) is 9.53 Å². The minimum atomic E-state index is -0.388. The second kappa shape index (κ2) is 7.08. The molecule has 0 spiro atoms. The molecule has 0 fully saturated rings. The Kier molecular flexibility index (Phi) is 4.45. The number of carbonyl (C=O) groups is 2. The van der Waals surface area contributed by atoms with Crippen LogP contribution in [0.1, 0.15) is 21.6 Å². The SMILES string of the molecule is COC(=O)c1ccc(-c2cccc3c2/C(=C/c2[nH]ccc2OC)C(=O)N3)cc1. The molecule has 1 amide bonds. The van der Waals surface area contributed by atoms with Crippen LogP contribution in [0.15, 0.2) is 54.7 Å². The van der Waals surface area contributed by atoms with E-state index in [-0.39, 0.29) is 11.9 Å². The number of fused-ring (bicyclic) bond motifs is 1. The molecule has 0 radical (unpaired) electrons. The fourth-order valence-electron chi connectivity index (χ4n) is 3.34. The second-order valence-electron chi connectivity index (χ2n) is 6.27. The predicted octanol–water partition coefficient (Wildman–Crippen LogP) is 3.97. The van der Waals surface area contributed by atoms with Gasteiger partial charge in [0, 0.05) is 17.4 Å². The average molecular weight is 374 g/mol. The third-order valence-electron chi connectivity index (χ3n) is 4.69. The third kappa shape index (κ3) is 2.95. The van der Waals surface area contributed by atoms with Crippen molar-refractivity contribution in [1.82, 2.24) is 4.98 Å². The fraction of sp³-hybridized carbons (Fsp3) is 0.0909. The van der Waals surface area contributed by atoms with Gasteiger partial charge in [0.2, 0.25) is 0 Å². The summed E-state index contributed by atoms with van der Waals surface area (Å²) in [5, 5.41) is 2.91. The second-order valence-corrected chi connectivity index (χ2v) is 6.27. The number of aromatic amines is 1. The van der Waals surface area contributed by atoms with Crippen molar-refractivity contribution in [3.05, 3.63) is 71.5 Å². The van der Waals surface area contributed by atoms with Crippen LogP contribution in [0, 0.1) is 0 Å². The number of hydrogen-bond acceptors (Lipinski definition) is 4. The highest BCUT2D eigenvalue weighted by molar-refractivity contribution is 6.36. The van der Waals surface area contributed by atoms with Gasteiger partial charge < -0.3 is 19.8 Å². The summed E-state index contributed by atoms with van der Waals surface area (Å²) in [7, 11) is 2.94. The molecule has 3 aromatic rings. The number of carbonyl (C=O) groups excluding carboxylic acids is 2. The van der Waals surface area contributed by atoms with Crippen molar-refractivity contribution in [3.63, 3.8) is 0 Å². The minimum Gasteiger partial charge on any atom is -0.495 e. The molecule has 0 unspecified atom stereocenters. The quantitative estimate of drug-likeness (QED) is 0.535. The van der Waals surface area contributed by atoms with Crippen LogP contribution >= 0.6 is 0 Å². The van der Waals surface area contributed by atoms with Crippen LogP contribution in [0.3, 0.4) is 0 Å². The first-order valence-corrected chi connectivity index (χ1v) is 8.69. The number of aromatic nitrogens is 1. The van der Waals surface area contributed by atoms with Crippen LogP contribution in [0.4, 0.5) is 5.69 Å². The Hall–Kier alpha value is -3.80. The lowest BCUT2D eigenvalue weighted by molar-refractivity contribution is -0.110. The lowest BCUT2D eigenvalue weighted by atomic mass is 9.94. The van der Waals surface area contributed by atoms with Gasteiger partial charge in [-0.05, 0) is 41.5 Å². The van der Waals surface area contributed by atoms with Gasteiger partial charge in [-0.25, -0.2) is 4.79 Å². The number of amides is 1. The third-order valence-corrected chi connectivity index (χ3v) is 4.69. The first-order chi connectivity index (χ1) is 13.6. The van der Waals surface area contributed by atoms with Crippen molar-refractivity contribution in [2.24, 2.45) is 0 Å². The van der Waals surface area contributed by atoms with E-state index in [1.807, 2.05) is 30.3 Å². The smallest absolute Gasteiger partial charge is 0.337 e. The molecule has 6 heteroatoms. The number of esters is 1. The molecule has 6 nitrogen and oxygen atoms in total. The number of hydrogen-bond donors (Lipinski definition) is 2. The summed E-state index contributed by atoms with van der Waals surface area (Å²) in [5.74, 6) is 0.0973. The molecule has 1 aliphatic heterocycles. The Bertz CT molecular complexity index is 1090. The number of anilines is 1. The van der Waals surface area contributed by atoms with Gasteiger partial charge in [-0.1, -0.05) is 24.3 Å². The van der Waals surface area contributed by atoms with Crippen molar-refractivity contribution in [2.75, 3.05) is 19.5 Å². The van der Waals surface area contributed by atoms with Gasteiger partial charge in [0.1, 0.15) is 5.75 Å². The standard InChI is InChI=1S/C22H18N2O4/c1-27-19-10-11-23-18(19)12-16-20-15(4-3-5-17(20)24-21(16)25)13-6-8-14(9-7-13)22(26)28-2/h3-12,23H,1-2H3,(H,24,25)/b16-12-. The van der Waals surface area contributed by atoms with Crippen molar-refractivity contribution >= 4 is 29.2 Å². The number of H-pyrrole nitrogens is 1. The van der Waals surface area contributed by atoms with Gasteiger partial charge in [-0.3, -0.25) is 4.79 Å². The molecule has 2 heterocycles. The van der Waals surface area contributed by atoms with Gasteiger partial charge in [0.05, 0.1) is 31.1 Å². The van der Waals surface area contributed by atoms with Crippen LogP contribution in [0.2, 0.25) is 0 Å².